The van der Waals surface area contributed by atoms with Gasteiger partial charge in [0.15, 0.2) is 0 Å². The Bertz CT molecular complexity index is 149. The molecule has 0 unspecified atom stereocenters. The van der Waals surface area contributed by atoms with Gasteiger partial charge in [-0.3, -0.25) is 4.89 Å². The van der Waals surface area contributed by atoms with Crippen molar-refractivity contribution in [2.45, 2.75) is 27.2 Å². The van der Waals surface area contributed by atoms with Crippen LogP contribution in [0, 0.1) is 0 Å². The molecule has 0 saturated carbocycles. The highest BCUT2D eigenvalue weighted by Crippen LogP contribution is 1.98. The number of carbonyl (C=O) groups is 1. The zero-order valence-electron chi connectivity index (χ0n) is 7.22. The van der Waals surface area contributed by atoms with Crippen LogP contribution < -0.4 is 0 Å². The van der Waals surface area contributed by atoms with Crippen LogP contribution in [0.3, 0.4) is 0 Å². The van der Waals surface area contributed by atoms with E-state index < -0.39 is 5.97 Å². The molecule has 3 heteroatoms. The highest BCUT2D eigenvalue weighted by Gasteiger charge is 2.04. The van der Waals surface area contributed by atoms with Gasteiger partial charge in [-0.2, -0.15) is 4.89 Å². The summed E-state index contributed by atoms with van der Waals surface area (Å²) in [7, 11) is 0. The molecule has 0 aromatic heterocycles. The fraction of sp³-hybridized carbons (Fsp3) is 0.625. The van der Waals surface area contributed by atoms with Crippen molar-refractivity contribution in [1.29, 1.82) is 0 Å². The fourth-order valence-corrected chi connectivity index (χ4v) is 0.568. The maximum Gasteiger partial charge on any atom is 0.368 e. The van der Waals surface area contributed by atoms with Gasteiger partial charge in [0.25, 0.3) is 0 Å². The summed E-state index contributed by atoms with van der Waals surface area (Å²) < 4.78 is 0. The van der Waals surface area contributed by atoms with Gasteiger partial charge in [0, 0.05) is 5.57 Å². The average molecular weight is 158 g/mol. The Morgan fingerprint density at radius 1 is 1.45 bits per heavy atom. The first kappa shape index (κ1) is 10.2. The van der Waals surface area contributed by atoms with E-state index in [9.17, 15) is 4.79 Å². The van der Waals surface area contributed by atoms with Gasteiger partial charge in [-0.1, -0.05) is 13.0 Å². The van der Waals surface area contributed by atoms with Crippen molar-refractivity contribution >= 4 is 5.97 Å². The van der Waals surface area contributed by atoms with E-state index in [4.69, 9.17) is 0 Å². The van der Waals surface area contributed by atoms with Crippen molar-refractivity contribution in [3.63, 3.8) is 0 Å². The van der Waals surface area contributed by atoms with E-state index in [1.165, 1.54) is 0 Å². The molecule has 11 heavy (non-hydrogen) atoms. The summed E-state index contributed by atoms with van der Waals surface area (Å²) in [5.41, 5.74) is 0.584. The molecule has 0 atom stereocenters. The van der Waals surface area contributed by atoms with E-state index in [0.717, 1.165) is 6.42 Å². The molecule has 64 valence electrons. The van der Waals surface area contributed by atoms with E-state index in [1.807, 2.05) is 6.92 Å². The van der Waals surface area contributed by atoms with E-state index in [-0.39, 0.29) is 0 Å². The van der Waals surface area contributed by atoms with Crippen LogP contribution in [0.5, 0.6) is 0 Å². The summed E-state index contributed by atoms with van der Waals surface area (Å²) >= 11 is 0. The van der Waals surface area contributed by atoms with Gasteiger partial charge in [-0.05, 0) is 20.3 Å². The molecular formula is C8H14O3. The maximum absolute atomic E-state index is 10.9. The lowest BCUT2D eigenvalue weighted by molar-refractivity contribution is -0.265. The third-order valence-electron chi connectivity index (χ3n) is 1.08. The molecule has 3 nitrogen and oxygen atoms in total. The van der Waals surface area contributed by atoms with Crippen LogP contribution in [0.2, 0.25) is 0 Å². The summed E-state index contributed by atoms with van der Waals surface area (Å²) in [5.74, 6) is -0.409. The molecular weight excluding hydrogens is 144 g/mol. The van der Waals surface area contributed by atoms with Crippen molar-refractivity contribution in [1.82, 2.24) is 0 Å². The zero-order chi connectivity index (χ0) is 8.69. The lowest BCUT2D eigenvalue weighted by Gasteiger charge is -1.99. The Balaban J connectivity index is 3.73. The standard InChI is InChI=1S/C8H14O3/c1-4-6-7(3)8(9)11-10-5-2/h6H,4-5H2,1-3H3. The van der Waals surface area contributed by atoms with Gasteiger partial charge in [0.2, 0.25) is 0 Å². The molecule has 0 spiro atoms. The van der Waals surface area contributed by atoms with Crippen molar-refractivity contribution in [3.8, 4) is 0 Å². The Morgan fingerprint density at radius 2 is 2.09 bits per heavy atom. The van der Waals surface area contributed by atoms with Gasteiger partial charge in [-0.25, -0.2) is 4.79 Å². The van der Waals surface area contributed by atoms with Crippen LogP contribution >= 0.6 is 0 Å². The Kier molecular flexibility index (Phi) is 5.47. The Hall–Kier alpha value is -0.830. The van der Waals surface area contributed by atoms with E-state index in [2.05, 4.69) is 9.78 Å². The quantitative estimate of drug-likeness (QED) is 0.356. The number of rotatable bonds is 4. The number of carbonyl (C=O) groups excluding carboxylic acids is 1. The van der Waals surface area contributed by atoms with Crippen LogP contribution in [0.15, 0.2) is 11.6 Å². The third-order valence-corrected chi connectivity index (χ3v) is 1.08. The lowest BCUT2D eigenvalue weighted by Crippen LogP contribution is -2.06. The summed E-state index contributed by atoms with van der Waals surface area (Å²) in [4.78, 5) is 19.7. The molecule has 0 saturated heterocycles. The molecule has 0 rings (SSSR count). The number of hydrogen-bond donors (Lipinski definition) is 0. The lowest BCUT2D eigenvalue weighted by atomic mass is 10.2. The minimum atomic E-state index is -0.409. The van der Waals surface area contributed by atoms with Gasteiger partial charge in [-0.15, -0.1) is 0 Å². The Morgan fingerprint density at radius 3 is 2.55 bits per heavy atom. The smallest absolute Gasteiger partial charge is 0.293 e. The number of hydrogen-bond acceptors (Lipinski definition) is 3. The van der Waals surface area contributed by atoms with Crippen molar-refractivity contribution in [3.05, 3.63) is 11.6 Å². The first-order valence-electron chi connectivity index (χ1n) is 3.72. The molecule has 0 fully saturated rings. The highest BCUT2D eigenvalue weighted by molar-refractivity contribution is 5.87. The molecule has 0 bridgehead atoms. The fourth-order valence-electron chi connectivity index (χ4n) is 0.568. The first-order valence-corrected chi connectivity index (χ1v) is 3.72. The second-order valence-corrected chi connectivity index (χ2v) is 2.07. The average Bonchev–Trinajstić information content (AvgIpc) is 2.00. The van der Waals surface area contributed by atoms with Crippen molar-refractivity contribution in [2.24, 2.45) is 0 Å². The minimum Gasteiger partial charge on any atom is -0.293 e. The summed E-state index contributed by atoms with van der Waals surface area (Å²) in [6.45, 7) is 5.79. The summed E-state index contributed by atoms with van der Waals surface area (Å²) in [5, 5.41) is 0. The molecule has 0 radical (unpaired) electrons. The van der Waals surface area contributed by atoms with Crippen LogP contribution in [-0.4, -0.2) is 12.6 Å². The highest BCUT2D eigenvalue weighted by atomic mass is 17.2. The monoisotopic (exact) mass is 158 g/mol. The predicted octanol–water partition coefficient (Wildman–Crippen LogP) is 1.84. The van der Waals surface area contributed by atoms with Crippen LogP contribution in [0.4, 0.5) is 0 Å². The van der Waals surface area contributed by atoms with E-state index in [1.54, 1.807) is 19.9 Å². The third kappa shape index (κ3) is 4.56. The molecule has 0 amide bonds. The first-order chi connectivity index (χ1) is 5.22. The summed E-state index contributed by atoms with van der Waals surface area (Å²) in [6, 6.07) is 0. The minimum absolute atomic E-state index is 0.380. The molecule has 0 aliphatic rings. The predicted molar refractivity (Wildman–Crippen MR) is 41.8 cm³/mol. The topological polar surface area (TPSA) is 35.5 Å². The zero-order valence-corrected chi connectivity index (χ0v) is 7.22. The van der Waals surface area contributed by atoms with E-state index in [0.29, 0.717) is 12.2 Å². The van der Waals surface area contributed by atoms with Crippen LogP contribution in [0.1, 0.15) is 27.2 Å². The second-order valence-electron chi connectivity index (χ2n) is 2.07. The molecule has 0 N–H and O–H groups in total. The van der Waals surface area contributed by atoms with Gasteiger partial charge >= 0.3 is 5.97 Å². The maximum atomic E-state index is 10.9. The Labute approximate surface area is 66.9 Å². The van der Waals surface area contributed by atoms with E-state index >= 15 is 0 Å². The van der Waals surface area contributed by atoms with Crippen LogP contribution in [-0.2, 0) is 14.6 Å². The molecule has 0 aliphatic heterocycles. The summed E-state index contributed by atoms with van der Waals surface area (Å²) in [6.07, 6.45) is 2.62. The number of allylic oxidation sites excluding steroid dienone is 1. The van der Waals surface area contributed by atoms with Gasteiger partial charge in [0.1, 0.15) is 0 Å². The van der Waals surface area contributed by atoms with Crippen LogP contribution in [0.25, 0.3) is 0 Å². The molecule has 0 aliphatic carbocycles. The van der Waals surface area contributed by atoms with Crippen molar-refractivity contribution < 1.29 is 14.6 Å². The second kappa shape index (κ2) is 5.92. The van der Waals surface area contributed by atoms with Crippen molar-refractivity contribution in [2.75, 3.05) is 6.61 Å². The molecule has 0 aromatic carbocycles. The molecule has 0 heterocycles. The SMILES string of the molecule is CCC=C(C)C(=O)OOCC. The largest absolute Gasteiger partial charge is 0.368 e. The van der Waals surface area contributed by atoms with Gasteiger partial charge < -0.3 is 0 Å². The normalized spacial score (nSPS) is 11.4. The van der Waals surface area contributed by atoms with Gasteiger partial charge in [0.05, 0.1) is 6.61 Å². The molecule has 0 aromatic rings.